The minimum atomic E-state index is -2.96. The van der Waals surface area contributed by atoms with Gasteiger partial charge in [-0.05, 0) is 31.2 Å². The molecule has 3 aliphatic rings. The van der Waals surface area contributed by atoms with Gasteiger partial charge in [-0.3, -0.25) is 4.90 Å². The van der Waals surface area contributed by atoms with Gasteiger partial charge in [0.2, 0.25) is 0 Å². The predicted molar refractivity (Wildman–Crippen MR) is 80.2 cm³/mol. The summed E-state index contributed by atoms with van der Waals surface area (Å²) in [6, 6.07) is 0.514. The third-order valence-corrected chi connectivity index (χ3v) is 7.68. The third kappa shape index (κ3) is 2.96. The Hall–Kier alpha value is 0.220. The number of rotatable bonds is 3. The van der Waals surface area contributed by atoms with Crippen LogP contribution >= 0.6 is 11.8 Å². The zero-order chi connectivity index (χ0) is 13.5. The topological polar surface area (TPSA) is 49.4 Å². The summed E-state index contributed by atoms with van der Waals surface area (Å²) >= 11 is 1.77. The van der Waals surface area contributed by atoms with Crippen molar-refractivity contribution in [3.05, 3.63) is 0 Å². The summed E-state index contributed by atoms with van der Waals surface area (Å²) in [5.74, 6) is 3.43. The Morgan fingerprint density at radius 1 is 1.37 bits per heavy atom. The summed E-state index contributed by atoms with van der Waals surface area (Å²) in [7, 11) is -2.96. The highest BCUT2D eigenvalue weighted by molar-refractivity contribution is 8.00. The molecule has 2 saturated heterocycles. The average Bonchev–Trinajstić information content (AvgIpc) is 2.93. The molecule has 1 N–H and O–H groups in total. The molecule has 0 aromatic rings. The maximum Gasteiger partial charge on any atom is 0.164 e. The molecule has 2 heterocycles. The van der Waals surface area contributed by atoms with Crippen LogP contribution in [0, 0.1) is 11.8 Å². The number of hydrogen-bond donors (Lipinski definition) is 1. The third-order valence-electron chi connectivity index (χ3n) is 4.99. The molecular formula is C13H24N2O2S2. The van der Waals surface area contributed by atoms with Crippen molar-refractivity contribution in [2.75, 3.05) is 37.4 Å². The van der Waals surface area contributed by atoms with E-state index in [9.17, 15) is 8.42 Å². The van der Waals surface area contributed by atoms with Crippen LogP contribution < -0.4 is 5.32 Å². The molecule has 2 aliphatic heterocycles. The predicted octanol–water partition coefficient (Wildman–Crippen LogP) is 0.794. The highest BCUT2D eigenvalue weighted by Gasteiger charge is 2.41. The standard InChI is InChI=1S/C13H24N2O2S2/c1-19(16,17)13-9-18-6-5-15(13)8-12-11-4-2-3-10(11)7-14-12/h10-14H,2-9H2,1H3. The van der Waals surface area contributed by atoms with Crippen molar-refractivity contribution in [1.29, 1.82) is 0 Å². The quantitative estimate of drug-likeness (QED) is 0.835. The lowest BCUT2D eigenvalue weighted by atomic mass is 9.94. The summed E-state index contributed by atoms with van der Waals surface area (Å²) in [6.45, 7) is 2.97. The number of nitrogens with one attached hydrogen (secondary N) is 1. The first-order chi connectivity index (χ1) is 9.05. The molecule has 0 aromatic carbocycles. The average molecular weight is 304 g/mol. The van der Waals surface area contributed by atoms with Gasteiger partial charge in [0.25, 0.3) is 0 Å². The van der Waals surface area contributed by atoms with Crippen LogP contribution in [-0.4, -0.2) is 62.1 Å². The first-order valence-corrected chi connectivity index (χ1v) is 10.4. The molecule has 0 amide bonds. The van der Waals surface area contributed by atoms with Crippen molar-refractivity contribution in [1.82, 2.24) is 10.2 Å². The van der Waals surface area contributed by atoms with Gasteiger partial charge >= 0.3 is 0 Å². The van der Waals surface area contributed by atoms with Gasteiger partial charge in [-0.2, -0.15) is 11.8 Å². The van der Waals surface area contributed by atoms with Gasteiger partial charge < -0.3 is 5.32 Å². The van der Waals surface area contributed by atoms with Gasteiger partial charge in [0.15, 0.2) is 9.84 Å². The molecule has 0 aromatic heterocycles. The zero-order valence-corrected chi connectivity index (χ0v) is 13.2. The van der Waals surface area contributed by atoms with Gasteiger partial charge in [0.05, 0.1) is 0 Å². The first kappa shape index (κ1) is 14.2. The SMILES string of the molecule is CS(=O)(=O)C1CSCCN1CC1NCC2CCCC21. The van der Waals surface area contributed by atoms with Crippen LogP contribution in [0.2, 0.25) is 0 Å². The highest BCUT2D eigenvalue weighted by atomic mass is 32.2. The second-order valence-electron chi connectivity index (χ2n) is 6.22. The van der Waals surface area contributed by atoms with Crippen molar-refractivity contribution in [3.8, 4) is 0 Å². The van der Waals surface area contributed by atoms with Crippen molar-refractivity contribution < 1.29 is 8.42 Å². The minimum absolute atomic E-state index is 0.270. The van der Waals surface area contributed by atoms with Crippen LogP contribution in [0.25, 0.3) is 0 Å². The molecule has 1 saturated carbocycles. The van der Waals surface area contributed by atoms with E-state index in [1.165, 1.54) is 25.5 Å². The van der Waals surface area contributed by atoms with Gasteiger partial charge in [0, 0.05) is 36.9 Å². The van der Waals surface area contributed by atoms with Crippen LogP contribution in [0.4, 0.5) is 0 Å². The maximum atomic E-state index is 11.9. The molecule has 4 unspecified atom stereocenters. The van der Waals surface area contributed by atoms with Crippen LogP contribution in [0.1, 0.15) is 19.3 Å². The fourth-order valence-corrected chi connectivity index (χ4v) is 6.93. The van der Waals surface area contributed by atoms with Crippen molar-refractivity contribution in [2.45, 2.75) is 30.7 Å². The Morgan fingerprint density at radius 2 is 2.21 bits per heavy atom. The first-order valence-electron chi connectivity index (χ1n) is 7.30. The summed E-state index contributed by atoms with van der Waals surface area (Å²) in [6.07, 6.45) is 5.43. The number of sulfone groups is 1. The number of hydrogen-bond acceptors (Lipinski definition) is 5. The molecule has 0 bridgehead atoms. The van der Waals surface area contributed by atoms with Crippen molar-refractivity contribution >= 4 is 21.6 Å². The summed E-state index contributed by atoms with van der Waals surface area (Å²) in [5, 5.41) is 3.36. The smallest absolute Gasteiger partial charge is 0.164 e. The lowest BCUT2D eigenvalue weighted by molar-refractivity contribution is 0.223. The molecule has 19 heavy (non-hydrogen) atoms. The zero-order valence-electron chi connectivity index (χ0n) is 11.5. The Labute approximate surface area is 120 Å². The monoisotopic (exact) mass is 304 g/mol. The van der Waals surface area contributed by atoms with Gasteiger partial charge in [0.1, 0.15) is 5.37 Å². The molecule has 4 atom stereocenters. The normalized spacial score (nSPS) is 40.5. The number of fused-ring (bicyclic) bond motifs is 1. The van der Waals surface area contributed by atoms with Gasteiger partial charge in [-0.1, -0.05) is 6.42 Å². The van der Waals surface area contributed by atoms with E-state index in [1.807, 2.05) is 0 Å². The molecule has 3 fully saturated rings. The second-order valence-corrected chi connectivity index (χ2v) is 9.58. The van der Waals surface area contributed by atoms with Crippen LogP contribution in [0.15, 0.2) is 0 Å². The van der Waals surface area contributed by atoms with Gasteiger partial charge in [-0.25, -0.2) is 8.42 Å². The molecule has 6 heteroatoms. The molecule has 110 valence electrons. The van der Waals surface area contributed by atoms with Crippen LogP contribution in [-0.2, 0) is 9.84 Å². The number of nitrogens with zero attached hydrogens (tertiary/aromatic N) is 1. The van der Waals surface area contributed by atoms with Crippen molar-refractivity contribution in [2.24, 2.45) is 11.8 Å². The van der Waals surface area contributed by atoms with Crippen molar-refractivity contribution in [3.63, 3.8) is 0 Å². The number of thioether (sulfide) groups is 1. The molecular weight excluding hydrogens is 280 g/mol. The van der Waals surface area contributed by atoms with E-state index in [2.05, 4.69) is 10.2 Å². The second kappa shape index (κ2) is 5.54. The molecule has 3 rings (SSSR count). The minimum Gasteiger partial charge on any atom is -0.312 e. The van der Waals surface area contributed by atoms with E-state index < -0.39 is 9.84 Å². The fraction of sp³-hybridized carbons (Fsp3) is 1.00. The Kier molecular flexibility index (Phi) is 4.13. The van der Waals surface area contributed by atoms with Gasteiger partial charge in [-0.15, -0.1) is 0 Å². The maximum absolute atomic E-state index is 11.9. The van der Waals surface area contributed by atoms with E-state index in [-0.39, 0.29) is 5.37 Å². The Bertz CT molecular complexity index is 426. The van der Waals surface area contributed by atoms with E-state index in [0.29, 0.717) is 6.04 Å². The Morgan fingerprint density at radius 3 is 3.00 bits per heavy atom. The lowest BCUT2D eigenvalue weighted by Gasteiger charge is -2.36. The molecule has 0 spiro atoms. The lowest BCUT2D eigenvalue weighted by Crippen LogP contribution is -2.52. The van der Waals surface area contributed by atoms with E-state index in [1.54, 1.807) is 11.8 Å². The molecule has 1 aliphatic carbocycles. The van der Waals surface area contributed by atoms with E-state index in [4.69, 9.17) is 0 Å². The molecule has 4 nitrogen and oxygen atoms in total. The Balaban J connectivity index is 1.67. The largest absolute Gasteiger partial charge is 0.312 e. The summed E-state index contributed by atoms with van der Waals surface area (Å²) in [4.78, 5) is 2.21. The molecule has 0 radical (unpaired) electrons. The van der Waals surface area contributed by atoms with E-state index >= 15 is 0 Å². The van der Waals surface area contributed by atoms with E-state index in [0.717, 1.165) is 43.0 Å². The summed E-state index contributed by atoms with van der Waals surface area (Å²) in [5.41, 5.74) is 0. The summed E-state index contributed by atoms with van der Waals surface area (Å²) < 4.78 is 23.8. The van der Waals surface area contributed by atoms with Crippen LogP contribution in [0.3, 0.4) is 0 Å². The highest BCUT2D eigenvalue weighted by Crippen LogP contribution is 2.38. The fourth-order valence-electron chi connectivity index (χ4n) is 3.97. The van der Waals surface area contributed by atoms with Crippen LogP contribution in [0.5, 0.6) is 0 Å².